The summed E-state index contributed by atoms with van der Waals surface area (Å²) in [4.78, 5) is 24.4. The van der Waals surface area contributed by atoms with Gasteiger partial charge < -0.3 is 4.42 Å². The zero-order valence-corrected chi connectivity index (χ0v) is 17.5. The summed E-state index contributed by atoms with van der Waals surface area (Å²) in [6.45, 7) is 6.72. The van der Waals surface area contributed by atoms with Crippen LogP contribution in [0.5, 0.6) is 0 Å². The molecule has 1 fully saturated rings. The molecule has 2 atom stereocenters. The van der Waals surface area contributed by atoms with Crippen LogP contribution in [0.25, 0.3) is 0 Å². The van der Waals surface area contributed by atoms with Gasteiger partial charge in [-0.15, -0.1) is 0 Å². The number of amides is 2. The van der Waals surface area contributed by atoms with Crippen LogP contribution in [0.15, 0.2) is 45.9 Å². The number of hydrazine groups is 1. The van der Waals surface area contributed by atoms with Crippen LogP contribution in [0.4, 0.5) is 0 Å². The molecule has 1 aromatic carbocycles. The number of piperidine rings is 1. The third-order valence-electron chi connectivity index (χ3n) is 4.98. The molecule has 2 N–H and O–H groups in total. The molecule has 2 aromatic rings. The first kappa shape index (κ1) is 21.1. The zero-order chi connectivity index (χ0) is 21.2. The second-order valence-corrected chi connectivity index (χ2v) is 9.53. The van der Waals surface area contributed by atoms with Gasteiger partial charge in [-0.2, -0.15) is 4.31 Å². The summed E-state index contributed by atoms with van der Waals surface area (Å²) in [6, 6.07) is 7.17. The molecule has 0 spiro atoms. The van der Waals surface area contributed by atoms with Crippen LogP contribution in [-0.2, 0) is 10.0 Å². The number of aryl methyl sites for hydroxylation is 1. The molecule has 0 bridgehead atoms. The molecule has 1 aliphatic heterocycles. The Kier molecular flexibility index (Phi) is 6.09. The summed E-state index contributed by atoms with van der Waals surface area (Å²) in [5.74, 6) is -0.00411. The Bertz CT molecular complexity index is 987. The van der Waals surface area contributed by atoms with Gasteiger partial charge in [0.2, 0.25) is 10.0 Å². The molecule has 2 amide bonds. The molecule has 0 unspecified atom stereocenters. The van der Waals surface area contributed by atoms with Crippen molar-refractivity contribution in [3.8, 4) is 0 Å². The predicted molar refractivity (Wildman–Crippen MR) is 107 cm³/mol. The molecule has 1 aromatic heterocycles. The first-order chi connectivity index (χ1) is 13.7. The minimum Gasteiger partial charge on any atom is -0.469 e. The predicted octanol–water partition coefficient (Wildman–Crippen LogP) is 2.33. The van der Waals surface area contributed by atoms with Gasteiger partial charge in [-0.25, -0.2) is 8.42 Å². The summed E-state index contributed by atoms with van der Waals surface area (Å²) in [6.07, 6.45) is 2.39. The van der Waals surface area contributed by atoms with Crippen molar-refractivity contribution in [2.45, 2.75) is 32.1 Å². The number of carbonyl (C=O) groups excluding carboxylic acids is 2. The topological polar surface area (TPSA) is 109 Å². The number of rotatable bonds is 4. The van der Waals surface area contributed by atoms with Gasteiger partial charge >= 0.3 is 0 Å². The molecule has 9 heteroatoms. The molecule has 1 saturated heterocycles. The summed E-state index contributed by atoms with van der Waals surface area (Å²) in [5.41, 5.74) is 5.16. The largest absolute Gasteiger partial charge is 0.469 e. The number of nitrogens with one attached hydrogen (secondary N) is 2. The Morgan fingerprint density at radius 3 is 2.14 bits per heavy atom. The van der Waals surface area contributed by atoms with Crippen LogP contribution < -0.4 is 10.9 Å². The SMILES string of the molecule is Cc1occc1C(=O)NNC(=O)c1ccc(S(=O)(=O)N2C[C@H](C)C[C@H](C)C2)cc1. The summed E-state index contributed by atoms with van der Waals surface area (Å²) in [5, 5.41) is 0. The zero-order valence-electron chi connectivity index (χ0n) is 16.6. The third kappa shape index (κ3) is 4.68. The normalized spacial score (nSPS) is 20.2. The highest BCUT2D eigenvalue weighted by Crippen LogP contribution is 2.26. The average Bonchev–Trinajstić information content (AvgIpc) is 3.11. The van der Waals surface area contributed by atoms with E-state index in [2.05, 4.69) is 10.9 Å². The smallest absolute Gasteiger partial charge is 0.273 e. The molecular formula is C20H25N3O5S. The van der Waals surface area contributed by atoms with Crippen LogP contribution in [0.3, 0.4) is 0 Å². The van der Waals surface area contributed by atoms with E-state index < -0.39 is 21.8 Å². The van der Waals surface area contributed by atoms with Crippen LogP contribution >= 0.6 is 0 Å². The molecule has 156 valence electrons. The first-order valence-electron chi connectivity index (χ1n) is 9.43. The fourth-order valence-electron chi connectivity index (χ4n) is 3.60. The number of benzene rings is 1. The molecular weight excluding hydrogens is 394 g/mol. The first-order valence-corrected chi connectivity index (χ1v) is 10.9. The van der Waals surface area contributed by atoms with Crippen molar-refractivity contribution in [1.82, 2.24) is 15.2 Å². The van der Waals surface area contributed by atoms with Gasteiger partial charge in [0.15, 0.2) is 0 Å². The van der Waals surface area contributed by atoms with E-state index >= 15 is 0 Å². The highest BCUT2D eigenvalue weighted by Gasteiger charge is 2.31. The van der Waals surface area contributed by atoms with E-state index in [0.29, 0.717) is 36.2 Å². The van der Waals surface area contributed by atoms with Gasteiger partial charge in [0.05, 0.1) is 16.7 Å². The lowest BCUT2D eigenvalue weighted by Crippen LogP contribution is -2.42. The van der Waals surface area contributed by atoms with Crippen molar-refractivity contribution in [1.29, 1.82) is 0 Å². The van der Waals surface area contributed by atoms with Crippen molar-refractivity contribution in [3.63, 3.8) is 0 Å². The van der Waals surface area contributed by atoms with E-state index in [1.54, 1.807) is 6.92 Å². The Morgan fingerprint density at radius 2 is 1.59 bits per heavy atom. The van der Waals surface area contributed by atoms with E-state index in [-0.39, 0.29) is 10.5 Å². The average molecular weight is 420 g/mol. The molecule has 29 heavy (non-hydrogen) atoms. The van der Waals surface area contributed by atoms with E-state index in [0.717, 1.165) is 6.42 Å². The van der Waals surface area contributed by atoms with Crippen molar-refractivity contribution in [3.05, 3.63) is 53.5 Å². The van der Waals surface area contributed by atoms with Crippen LogP contribution in [0.1, 0.15) is 46.7 Å². The molecule has 0 radical (unpaired) electrons. The molecule has 2 heterocycles. The van der Waals surface area contributed by atoms with E-state index in [9.17, 15) is 18.0 Å². The Balaban J connectivity index is 1.65. The second kappa shape index (κ2) is 8.38. The van der Waals surface area contributed by atoms with Gasteiger partial charge in [0.25, 0.3) is 11.8 Å². The Labute approximate surface area is 170 Å². The molecule has 3 rings (SSSR count). The van der Waals surface area contributed by atoms with Crippen molar-refractivity contribution in [2.75, 3.05) is 13.1 Å². The summed E-state index contributed by atoms with van der Waals surface area (Å²) < 4.78 is 32.4. The van der Waals surface area contributed by atoms with Crippen molar-refractivity contribution < 1.29 is 22.4 Å². The number of hydrogen-bond donors (Lipinski definition) is 2. The Hall–Kier alpha value is -2.65. The maximum Gasteiger partial charge on any atom is 0.273 e. The van der Waals surface area contributed by atoms with E-state index in [1.165, 1.54) is 40.9 Å². The van der Waals surface area contributed by atoms with Gasteiger partial charge in [-0.1, -0.05) is 13.8 Å². The standard InChI is InChI=1S/C20H25N3O5S/c1-13-10-14(2)12-23(11-13)29(26,27)17-6-4-16(5-7-17)19(24)21-22-20(25)18-8-9-28-15(18)3/h4-9,13-14H,10-12H2,1-3H3,(H,21,24)(H,22,25)/t13-,14+. The van der Waals surface area contributed by atoms with Gasteiger partial charge in [0, 0.05) is 18.7 Å². The monoisotopic (exact) mass is 419 g/mol. The quantitative estimate of drug-likeness (QED) is 0.740. The highest BCUT2D eigenvalue weighted by molar-refractivity contribution is 7.89. The minimum absolute atomic E-state index is 0.147. The number of carbonyl (C=O) groups is 2. The summed E-state index contributed by atoms with van der Waals surface area (Å²) in [7, 11) is -3.61. The number of hydrogen-bond acceptors (Lipinski definition) is 5. The molecule has 0 saturated carbocycles. The Morgan fingerprint density at radius 1 is 1.00 bits per heavy atom. The van der Waals surface area contributed by atoms with Gasteiger partial charge in [-0.3, -0.25) is 20.4 Å². The fraction of sp³-hybridized carbons (Fsp3) is 0.400. The van der Waals surface area contributed by atoms with Gasteiger partial charge in [0.1, 0.15) is 5.76 Å². The maximum absolute atomic E-state index is 12.9. The van der Waals surface area contributed by atoms with Crippen LogP contribution in [0.2, 0.25) is 0 Å². The number of nitrogens with zero attached hydrogens (tertiary/aromatic N) is 1. The van der Waals surface area contributed by atoms with Crippen molar-refractivity contribution >= 4 is 21.8 Å². The lowest BCUT2D eigenvalue weighted by atomic mass is 9.94. The van der Waals surface area contributed by atoms with E-state index in [1.807, 2.05) is 13.8 Å². The second-order valence-electron chi connectivity index (χ2n) is 7.59. The lowest BCUT2D eigenvalue weighted by Gasteiger charge is -2.34. The summed E-state index contributed by atoms with van der Waals surface area (Å²) >= 11 is 0. The number of furan rings is 1. The minimum atomic E-state index is -3.61. The molecule has 1 aliphatic rings. The van der Waals surface area contributed by atoms with Crippen molar-refractivity contribution in [2.24, 2.45) is 11.8 Å². The highest BCUT2D eigenvalue weighted by atomic mass is 32.2. The molecule has 8 nitrogen and oxygen atoms in total. The lowest BCUT2D eigenvalue weighted by molar-refractivity contribution is 0.0845. The number of sulfonamides is 1. The van der Waals surface area contributed by atoms with Gasteiger partial charge in [-0.05, 0) is 55.5 Å². The fourth-order valence-corrected chi connectivity index (χ4v) is 5.28. The van der Waals surface area contributed by atoms with E-state index in [4.69, 9.17) is 4.42 Å². The van der Waals surface area contributed by atoms with Crippen LogP contribution in [0, 0.1) is 18.8 Å². The molecule has 0 aliphatic carbocycles. The maximum atomic E-state index is 12.9. The van der Waals surface area contributed by atoms with Crippen LogP contribution in [-0.4, -0.2) is 37.6 Å². The third-order valence-corrected chi connectivity index (χ3v) is 6.83.